The molecule has 19 nitrogen and oxygen atoms in total. The lowest BCUT2D eigenvalue weighted by atomic mass is 10.0. The van der Waals surface area contributed by atoms with Crippen molar-refractivity contribution in [2.45, 2.75) is 76.5 Å². The molecule has 256 valence electrons. The lowest BCUT2D eigenvalue weighted by Crippen LogP contribution is -2.55. The molecular weight excluding hydrogens is 598 g/mol. The number of unbranched alkanes of at least 4 members (excludes halogenated alkanes) is 1. The van der Waals surface area contributed by atoms with Gasteiger partial charge in [-0.15, -0.1) is 0 Å². The molecule has 0 rings (SSSR count). The summed E-state index contributed by atoms with van der Waals surface area (Å²) in [5, 5.41) is 32.3. The summed E-state index contributed by atoms with van der Waals surface area (Å²) in [6.07, 6.45) is 1.38. The third-order valence-electron chi connectivity index (χ3n) is 6.08. The van der Waals surface area contributed by atoms with E-state index in [1.165, 1.54) is 0 Å². The van der Waals surface area contributed by atoms with Crippen LogP contribution < -0.4 is 49.1 Å². The van der Waals surface area contributed by atoms with E-state index in [2.05, 4.69) is 31.9 Å². The first-order chi connectivity index (χ1) is 21.1. The number of carboxylic acids is 1. The van der Waals surface area contributed by atoms with Crippen molar-refractivity contribution >= 4 is 47.3 Å². The first-order valence-electron chi connectivity index (χ1n) is 14.4. The summed E-state index contributed by atoms with van der Waals surface area (Å²) < 4.78 is 0. The molecule has 0 spiro atoms. The maximum atomic E-state index is 12.7. The Labute approximate surface area is 260 Å². The molecular formula is C26H47N9O10. The van der Waals surface area contributed by atoms with Gasteiger partial charge in [0.05, 0.1) is 32.3 Å². The van der Waals surface area contributed by atoms with Gasteiger partial charge in [0.25, 0.3) is 0 Å². The summed E-state index contributed by atoms with van der Waals surface area (Å²) in [6, 6.07) is -4.84. The van der Waals surface area contributed by atoms with Crippen molar-refractivity contribution < 1.29 is 48.6 Å². The molecule has 0 saturated heterocycles. The highest BCUT2D eigenvalue weighted by Gasteiger charge is 2.26. The maximum Gasteiger partial charge on any atom is 0.326 e. The van der Waals surface area contributed by atoms with Crippen LogP contribution in [0.25, 0.3) is 0 Å². The van der Waals surface area contributed by atoms with Crippen LogP contribution in [0.1, 0.15) is 52.4 Å². The van der Waals surface area contributed by atoms with Crippen LogP contribution in [0.3, 0.4) is 0 Å². The summed E-state index contributed by atoms with van der Waals surface area (Å²) in [7, 11) is 0. The molecule has 0 bridgehead atoms. The molecule has 0 heterocycles. The highest BCUT2D eigenvalue weighted by Crippen LogP contribution is 2.05. The number of aliphatic carboxylic acids is 1. The van der Waals surface area contributed by atoms with Crippen LogP contribution in [-0.2, 0) is 38.4 Å². The predicted octanol–water partition coefficient (Wildman–Crippen LogP) is -5.37. The van der Waals surface area contributed by atoms with Gasteiger partial charge < -0.3 is 59.3 Å². The molecule has 0 radical (unpaired) electrons. The SMILES string of the molecule is CC(C)C[C@H](NC(=O)CNC(=O)[C@@H](N)CCCCN)C(=O)NCC(=O)N[C@@H](CO)C(=O)NCC(=O)N[C@@H](CCC(N)=O)C(=O)O. The minimum absolute atomic E-state index is 0.0472. The quantitative estimate of drug-likeness (QED) is 0.0464. The average molecular weight is 646 g/mol. The highest BCUT2D eigenvalue weighted by atomic mass is 16.4. The van der Waals surface area contributed by atoms with Crippen LogP contribution in [0.15, 0.2) is 0 Å². The van der Waals surface area contributed by atoms with E-state index >= 15 is 0 Å². The molecule has 0 aliphatic rings. The zero-order chi connectivity index (χ0) is 34.5. The van der Waals surface area contributed by atoms with Crippen LogP contribution in [0.5, 0.6) is 0 Å². The minimum Gasteiger partial charge on any atom is -0.480 e. The molecule has 0 aliphatic carbocycles. The Kier molecular flexibility index (Phi) is 20.0. The van der Waals surface area contributed by atoms with E-state index in [1.807, 2.05) is 0 Å². The monoisotopic (exact) mass is 645 g/mol. The fourth-order valence-corrected chi connectivity index (χ4v) is 3.70. The number of nitrogens with two attached hydrogens (primary N) is 3. The molecule has 0 fully saturated rings. The lowest BCUT2D eigenvalue weighted by molar-refractivity contribution is -0.142. The topological polar surface area (TPSA) is 327 Å². The predicted molar refractivity (Wildman–Crippen MR) is 158 cm³/mol. The Morgan fingerprint density at radius 2 is 1.16 bits per heavy atom. The summed E-state index contributed by atoms with van der Waals surface area (Å²) in [6.45, 7) is 1.42. The third-order valence-corrected chi connectivity index (χ3v) is 6.08. The molecule has 0 aromatic carbocycles. The number of nitrogens with one attached hydrogen (secondary N) is 6. The Hall–Kier alpha value is -4.36. The van der Waals surface area contributed by atoms with Crippen molar-refractivity contribution in [1.82, 2.24) is 31.9 Å². The molecule has 0 aromatic heterocycles. The number of amides is 7. The number of primary amides is 1. The number of rotatable bonds is 23. The van der Waals surface area contributed by atoms with Crippen LogP contribution in [0, 0.1) is 5.92 Å². The molecule has 4 atom stereocenters. The van der Waals surface area contributed by atoms with Crippen molar-refractivity contribution in [2.75, 3.05) is 32.8 Å². The van der Waals surface area contributed by atoms with Crippen LogP contribution in [-0.4, -0.2) is 114 Å². The van der Waals surface area contributed by atoms with Crippen LogP contribution in [0.4, 0.5) is 0 Å². The molecule has 14 N–H and O–H groups in total. The van der Waals surface area contributed by atoms with Gasteiger partial charge in [-0.3, -0.25) is 33.6 Å². The number of aliphatic hydroxyl groups excluding tert-OH is 1. The van der Waals surface area contributed by atoms with E-state index in [4.69, 9.17) is 22.3 Å². The van der Waals surface area contributed by atoms with Gasteiger partial charge in [-0.2, -0.15) is 0 Å². The molecule has 0 aliphatic heterocycles. The summed E-state index contributed by atoms with van der Waals surface area (Å²) in [4.78, 5) is 96.0. The highest BCUT2D eigenvalue weighted by molar-refractivity contribution is 5.94. The largest absolute Gasteiger partial charge is 0.480 e. The fourth-order valence-electron chi connectivity index (χ4n) is 3.70. The van der Waals surface area contributed by atoms with Crippen molar-refractivity contribution in [3.63, 3.8) is 0 Å². The van der Waals surface area contributed by atoms with E-state index in [9.17, 15) is 43.5 Å². The van der Waals surface area contributed by atoms with Crippen molar-refractivity contribution in [1.29, 1.82) is 0 Å². The van der Waals surface area contributed by atoms with E-state index in [0.717, 1.165) is 0 Å². The van der Waals surface area contributed by atoms with Gasteiger partial charge >= 0.3 is 5.97 Å². The second-order valence-electron chi connectivity index (χ2n) is 10.6. The first-order valence-corrected chi connectivity index (χ1v) is 14.4. The molecule has 0 saturated carbocycles. The molecule has 19 heteroatoms. The van der Waals surface area contributed by atoms with Crippen LogP contribution in [0.2, 0.25) is 0 Å². The normalized spacial score (nSPS) is 13.4. The fraction of sp³-hybridized carbons (Fsp3) is 0.692. The van der Waals surface area contributed by atoms with Crippen LogP contribution >= 0.6 is 0 Å². The molecule has 7 amide bonds. The standard InChI is InChI=1S/C26H47N9O10/c1-14(2)9-17(34-21(39)10-30-23(41)15(28)5-3-4-8-27)24(42)31-12-22(40)35-18(13-36)25(43)32-11-20(38)33-16(26(44)45)6-7-19(29)37/h14-18,36H,3-13,27-28H2,1-2H3,(H2,29,37)(H,30,41)(H,31,42)(H,32,43)(H,33,38)(H,34,39)(H,35,40)(H,44,45)/t15-,16-,17-,18-/m0/s1. The van der Waals surface area contributed by atoms with Gasteiger partial charge in [-0.25, -0.2) is 4.79 Å². The van der Waals surface area contributed by atoms with Gasteiger partial charge in [0.15, 0.2) is 0 Å². The minimum atomic E-state index is -1.52. The number of hydrogen-bond acceptors (Lipinski definition) is 11. The van der Waals surface area contributed by atoms with Crippen molar-refractivity contribution in [3.8, 4) is 0 Å². The Morgan fingerprint density at radius 1 is 0.689 bits per heavy atom. The van der Waals surface area contributed by atoms with E-state index in [1.54, 1.807) is 13.8 Å². The zero-order valence-electron chi connectivity index (χ0n) is 25.6. The zero-order valence-corrected chi connectivity index (χ0v) is 25.6. The third kappa shape index (κ3) is 18.8. The Balaban J connectivity index is 4.85. The summed E-state index contributed by atoms with van der Waals surface area (Å²) in [5.74, 6) is -6.93. The summed E-state index contributed by atoms with van der Waals surface area (Å²) in [5.41, 5.74) is 16.2. The van der Waals surface area contributed by atoms with Crippen molar-refractivity contribution in [3.05, 3.63) is 0 Å². The Bertz CT molecular complexity index is 1040. The second-order valence-corrected chi connectivity index (χ2v) is 10.6. The number of aliphatic hydroxyl groups is 1. The second kappa shape index (κ2) is 22.2. The van der Waals surface area contributed by atoms with Gasteiger partial charge in [0, 0.05) is 6.42 Å². The molecule has 0 aromatic rings. The smallest absolute Gasteiger partial charge is 0.326 e. The maximum absolute atomic E-state index is 12.7. The van der Waals surface area contributed by atoms with E-state index in [0.29, 0.717) is 25.8 Å². The Morgan fingerprint density at radius 3 is 1.60 bits per heavy atom. The number of carbonyl (C=O) groups excluding carboxylic acids is 7. The van der Waals surface area contributed by atoms with Gasteiger partial charge in [0.2, 0.25) is 41.4 Å². The number of carbonyl (C=O) groups is 8. The van der Waals surface area contributed by atoms with E-state index < -0.39 is 97.7 Å². The van der Waals surface area contributed by atoms with Gasteiger partial charge in [-0.05, 0) is 38.1 Å². The summed E-state index contributed by atoms with van der Waals surface area (Å²) >= 11 is 0. The lowest BCUT2D eigenvalue weighted by Gasteiger charge is -2.21. The van der Waals surface area contributed by atoms with Gasteiger partial charge in [-0.1, -0.05) is 20.3 Å². The molecule has 45 heavy (non-hydrogen) atoms. The molecule has 0 unspecified atom stereocenters. The number of carboxylic acid groups (broad SMARTS) is 1. The van der Waals surface area contributed by atoms with Crippen molar-refractivity contribution in [2.24, 2.45) is 23.1 Å². The first kappa shape index (κ1) is 40.6. The number of hydrogen-bond donors (Lipinski definition) is 11. The van der Waals surface area contributed by atoms with Gasteiger partial charge in [0.1, 0.15) is 18.1 Å². The van der Waals surface area contributed by atoms with E-state index in [-0.39, 0.29) is 25.2 Å². The average Bonchev–Trinajstić information content (AvgIpc) is 2.97.